The fourth-order valence-corrected chi connectivity index (χ4v) is 3.60. The SMILES string of the molecule is CC1=CC(=O)[C@]2(C)[C@@H](C)[C@@H](C)[C@@]12C. The van der Waals surface area contributed by atoms with Crippen LogP contribution in [-0.2, 0) is 4.79 Å². The molecule has 0 amide bonds. The molecule has 0 heterocycles. The zero-order valence-electron chi connectivity index (χ0n) is 9.14. The van der Waals surface area contributed by atoms with E-state index in [1.807, 2.05) is 6.08 Å². The number of allylic oxidation sites excluding steroid dienone is 2. The Hall–Kier alpha value is -0.590. The van der Waals surface area contributed by atoms with Crippen LogP contribution in [0.25, 0.3) is 0 Å². The zero-order valence-corrected chi connectivity index (χ0v) is 9.14. The summed E-state index contributed by atoms with van der Waals surface area (Å²) in [5, 5.41) is 0. The Kier molecular flexibility index (Phi) is 1.43. The van der Waals surface area contributed by atoms with Gasteiger partial charge < -0.3 is 0 Å². The zero-order chi connectivity index (χ0) is 10.0. The van der Waals surface area contributed by atoms with Gasteiger partial charge in [0.25, 0.3) is 0 Å². The highest BCUT2D eigenvalue weighted by atomic mass is 16.1. The smallest absolute Gasteiger partial charge is 0.162 e. The van der Waals surface area contributed by atoms with E-state index in [0.717, 1.165) is 0 Å². The molecule has 0 aromatic rings. The van der Waals surface area contributed by atoms with Gasteiger partial charge in [0.1, 0.15) is 0 Å². The Balaban J connectivity index is 2.53. The molecule has 0 N–H and O–H groups in total. The van der Waals surface area contributed by atoms with Crippen molar-refractivity contribution < 1.29 is 4.79 Å². The lowest BCUT2D eigenvalue weighted by molar-refractivity contribution is -0.163. The van der Waals surface area contributed by atoms with Crippen LogP contribution in [0, 0.1) is 22.7 Å². The van der Waals surface area contributed by atoms with Crippen molar-refractivity contribution in [2.45, 2.75) is 34.6 Å². The molecule has 4 atom stereocenters. The first-order valence-corrected chi connectivity index (χ1v) is 5.10. The number of carbonyl (C=O) groups excluding carboxylic acids is 1. The van der Waals surface area contributed by atoms with Crippen LogP contribution < -0.4 is 0 Å². The van der Waals surface area contributed by atoms with Gasteiger partial charge in [0, 0.05) is 10.8 Å². The van der Waals surface area contributed by atoms with E-state index < -0.39 is 0 Å². The highest BCUT2D eigenvalue weighted by Gasteiger charge is 2.69. The Morgan fingerprint density at radius 3 is 2.08 bits per heavy atom. The Morgan fingerprint density at radius 2 is 1.62 bits per heavy atom. The number of carbonyl (C=O) groups is 1. The van der Waals surface area contributed by atoms with E-state index in [0.29, 0.717) is 17.6 Å². The van der Waals surface area contributed by atoms with E-state index in [9.17, 15) is 4.79 Å². The average molecular weight is 178 g/mol. The van der Waals surface area contributed by atoms with Crippen molar-refractivity contribution >= 4 is 5.78 Å². The summed E-state index contributed by atoms with van der Waals surface area (Å²) < 4.78 is 0. The van der Waals surface area contributed by atoms with Gasteiger partial charge in [-0.25, -0.2) is 0 Å². The first kappa shape index (κ1) is 8.98. The fraction of sp³-hybridized carbons (Fsp3) is 0.750. The van der Waals surface area contributed by atoms with E-state index in [2.05, 4.69) is 34.6 Å². The van der Waals surface area contributed by atoms with E-state index in [4.69, 9.17) is 0 Å². The van der Waals surface area contributed by atoms with Gasteiger partial charge in [-0.15, -0.1) is 0 Å². The van der Waals surface area contributed by atoms with Gasteiger partial charge in [0.2, 0.25) is 0 Å². The van der Waals surface area contributed by atoms with Gasteiger partial charge >= 0.3 is 0 Å². The summed E-state index contributed by atoms with van der Waals surface area (Å²) in [7, 11) is 0. The van der Waals surface area contributed by atoms with E-state index in [1.165, 1.54) is 5.57 Å². The van der Waals surface area contributed by atoms with Gasteiger partial charge in [-0.3, -0.25) is 4.79 Å². The second kappa shape index (κ2) is 2.08. The largest absolute Gasteiger partial charge is 0.294 e. The number of ketones is 1. The summed E-state index contributed by atoms with van der Waals surface area (Å²) in [6.45, 7) is 11.0. The normalized spacial score (nSPS) is 54.2. The second-order valence-electron chi connectivity index (χ2n) is 5.17. The van der Waals surface area contributed by atoms with Crippen LogP contribution in [0.5, 0.6) is 0 Å². The summed E-state index contributed by atoms with van der Waals surface area (Å²) in [5.41, 5.74) is 1.32. The molecular formula is C12H18O. The molecule has 0 spiro atoms. The lowest BCUT2D eigenvalue weighted by Gasteiger charge is -2.62. The quantitative estimate of drug-likeness (QED) is 0.557. The molecule has 0 aromatic heterocycles. The predicted octanol–water partition coefficient (Wildman–Crippen LogP) is 2.81. The first-order valence-electron chi connectivity index (χ1n) is 5.10. The van der Waals surface area contributed by atoms with Crippen LogP contribution in [-0.4, -0.2) is 5.78 Å². The topological polar surface area (TPSA) is 17.1 Å². The maximum Gasteiger partial charge on any atom is 0.162 e. The number of rotatable bonds is 0. The number of fused-ring (bicyclic) bond motifs is 1. The minimum atomic E-state index is -0.101. The molecule has 1 fully saturated rings. The monoisotopic (exact) mass is 178 g/mol. The standard InChI is InChI=1S/C12H18O/c1-7-6-10(13)12(5)9(3)8(2)11(7,12)4/h6,8-9H,1-5H3/t8-,9+,11-,12+/m1/s1. The molecule has 0 unspecified atom stereocenters. The first-order chi connectivity index (χ1) is 5.86. The third kappa shape index (κ3) is 0.619. The molecule has 1 heteroatoms. The van der Waals surface area contributed by atoms with Gasteiger partial charge in [0.05, 0.1) is 0 Å². The molecule has 0 aliphatic heterocycles. The molecule has 72 valence electrons. The van der Waals surface area contributed by atoms with Crippen LogP contribution in [0.15, 0.2) is 11.6 Å². The van der Waals surface area contributed by atoms with Gasteiger partial charge in [-0.1, -0.05) is 33.3 Å². The van der Waals surface area contributed by atoms with Crippen LogP contribution in [0.3, 0.4) is 0 Å². The van der Waals surface area contributed by atoms with Crippen LogP contribution in [0.1, 0.15) is 34.6 Å². The van der Waals surface area contributed by atoms with Crippen molar-refractivity contribution in [3.63, 3.8) is 0 Å². The lowest BCUT2D eigenvalue weighted by atomic mass is 9.40. The lowest BCUT2D eigenvalue weighted by Crippen LogP contribution is -2.61. The molecule has 0 radical (unpaired) electrons. The summed E-state index contributed by atoms with van der Waals surface area (Å²) in [6.07, 6.45) is 1.86. The highest BCUT2D eigenvalue weighted by Crippen LogP contribution is 2.70. The van der Waals surface area contributed by atoms with Crippen molar-refractivity contribution in [2.75, 3.05) is 0 Å². The van der Waals surface area contributed by atoms with E-state index in [1.54, 1.807) is 0 Å². The van der Waals surface area contributed by atoms with Crippen LogP contribution >= 0.6 is 0 Å². The van der Waals surface area contributed by atoms with Crippen LogP contribution in [0.2, 0.25) is 0 Å². The second-order valence-corrected chi connectivity index (χ2v) is 5.17. The maximum absolute atomic E-state index is 11.9. The van der Waals surface area contributed by atoms with E-state index >= 15 is 0 Å². The van der Waals surface area contributed by atoms with Gasteiger partial charge in [0.15, 0.2) is 5.78 Å². The summed E-state index contributed by atoms with van der Waals surface area (Å²) in [6, 6.07) is 0. The minimum absolute atomic E-state index is 0.101. The molecule has 13 heavy (non-hydrogen) atoms. The van der Waals surface area contributed by atoms with Crippen molar-refractivity contribution in [1.82, 2.24) is 0 Å². The van der Waals surface area contributed by atoms with E-state index in [-0.39, 0.29) is 10.8 Å². The summed E-state index contributed by atoms with van der Waals surface area (Å²) >= 11 is 0. The summed E-state index contributed by atoms with van der Waals surface area (Å²) in [4.78, 5) is 11.9. The summed E-state index contributed by atoms with van der Waals surface area (Å²) in [5.74, 6) is 1.51. The molecule has 1 nitrogen and oxygen atoms in total. The van der Waals surface area contributed by atoms with Crippen molar-refractivity contribution in [2.24, 2.45) is 22.7 Å². The predicted molar refractivity (Wildman–Crippen MR) is 53.3 cm³/mol. The molecular weight excluding hydrogens is 160 g/mol. The molecule has 2 aliphatic rings. The average Bonchev–Trinajstić information content (AvgIpc) is 2.26. The van der Waals surface area contributed by atoms with Gasteiger partial charge in [-0.05, 0) is 24.8 Å². The highest BCUT2D eigenvalue weighted by molar-refractivity contribution is 6.01. The Morgan fingerprint density at radius 1 is 1.15 bits per heavy atom. The van der Waals surface area contributed by atoms with Crippen molar-refractivity contribution in [3.05, 3.63) is 11.6 Å². The third-order valence-electron chi connectivity index (χ3n) is 5.33. The molecule has 1 saturated carbocycles. The van der Waals surface area contributed by atoms with Crippen molar-refractivity contribution in [1.29, 1.82) is 0 Å². The fourth-order valence-electron chi connectivity index (χ4n) is 3.60. The van der Waals surface area contributed by atoms with Crippen LogP contribution in [0.4, 0.5) is 0 Å². The number of hydrogen-bond donors (Lipinski definition) is 0. The molecule has 0 bridgehead atoms. The minimum Gasteiger partial charge on any atom is -0.294 e. The Labute approximate surface area is 80.2 Å². The molecule has 0 aromatic carbocycles. The molecule has 2 aliphatic carbocycles. The van der Waals surface area contributed by atoms with Crippen molar-refractivity contribution in [3.8, 4) is 0 Å². The maximum atomic E-state index is 11.9. The molecule has 2 rings (SSSR count). The van der Waals surface area contributed by atoms with Gasteiger partial charge in [-0.2, -0.15) is 0 Å². The Bertz CT molecular complexity index is 315. The number of hydrogen-bond acceptors (Lipinski definition) is 1. The molecule has 0 saturated heterocycles. The third-order valence-corrected chi connectivity index (χ3v) is 5.33.